The Bertz CT molecular complexity index is 1590. The average molecular weight is 542 g/mol. The molecule has 0 bridgehead atoms. The van der Waals surface area contributed by atoms with Gasteiger partial charge in [-0.05, 0) is 55.3 Å². The Morgan fingerprint density at radius 1 is 0.821 bits per heavy atom. The van der Waals surface area contributed by atoms with Crippen molar-refractivity contribution in [2.24, 2.45) is 11.1 Å². The Morgan fingerprint density at radius 2 is 1.49 bits per heavy atom. The summed E-state index contributed by atoms with van der Waals surface area (Å²) in [5.41, 5.74) is 1.64. The third-order valence-corrected chi connectivity index (χ3v) is 8.25. The molecule has 0 radical (unpaired) electrons. The summed E-state index contributed by atoms with van der Waals surface area (Å²) in [5, 5.41) is 5.44. The van der Waals surface area contributed by atoms with Gasteiger partial charge in [0.15, 0.2) is 5.71 Å². The summed E-state index contributed by atoms with van der Waals surface area (Å²) in [6.07, 6.45) is 6.13. The number of ether oxygens (including phenoxy) is 1. The normalized spacial score (nSPS) is 14.7. The van der Waals surface area contributed by atoms with Crippen LogP contribution in [0.5, 0.6) is 5.75 Å². The number of hydrogen-bond acceptors (Lipinski definition) is 6. The van der Waals surface area contributed by atoms with Crippen molar-refractivity contribution in [2.75, 3.05) is 6.61 Å². The van der Waals surface area contributed by atoms with Crippen LogP contribution in [0.4, 0.5) is 0 Å². The van der Waals surface area contributed by atoms with Crippen molar-refractivity contribution in [1.82, 2.24) is 0 Å². The summed E-state index contributed by atoms with van der Waals surface area (Å²) >= 11 is 0. The summed E-state index contributed by atoms with van der Waals surface area (Å²) in [6, 6.07) is 26.1. The van der Waals surface area contributed by atoms with Crippen LogP contribution in [0.15, 0.2) is 101 Å². The summed E-state index contributed by atoms with van der Waals surface area (Å²) < 4.78 is 37.0. The Balaban J connectivity index is 1.49. The van der Waals surface area contributed by atoms with Crippen molar-refractivity contribution in [2.45, 2.75) is 43.9 Å². The molecule has 0 atom stereocenters. The first-order chi connectivity index (χ1) is 18.9. The van der Waals surface area contributed by atoms with Gasteiger partial charge in [-0.15, -0.1) is 0 Å². The van der Waals surface area contributed by atoms with Crippen LogP contribution in [-0.4, -0.2) is 26.5 Å². The van der Waals surface area contributed by atoms with Gasteiger partial charge in [0.2, 0.25) is 5.78 Å². The summed E-state index contributed by atoms with van der Waals surface area (Å²) in [5.74, 6) is 0.822. The molecule has 0 aliphatic heterocycles. The number of oxime groups is 1. The van der Waals surface area contributed by atoms with E-state index in [1.807, 2.05) is 43.3 Å². The van der Waals surface area contributed by atoms with Crippen LogP contribution in [0.1, 0.15) is 53.6 Å². The van der Waals surface area contributed by atoms with E-state index in [1.165, 1.54) is 44.2 Å². The van der Waals surface area contributed by atoms with Gasteiger partial charge < -0.3 is 4.74 Å². The fourth-order valence-corrected chi connectivity index (χ4v) is 5.67. The van der Waals surface area contributed by atoms with Gasteiger partial charge in [0, 0.05) is 16.5 Å². The van der Waals surface area contributed by atoms with E-state index in [0.29, 0.717) is 29.0 Å². The Hall–Kier alpha value is -3.97. The zero-order valence-electron chi connectivity index (χ0n) is 21.9. The summed E-state index contributed by atoms with van der Waals surface area (Å²) in [4.78, 5) is 13.9. The fourth-order valence-electron chi connectivity index (χ4n) is 4.94. The molecule has 5 rings (SSSR count). The van der Waals surface area contributed by atoms with E-state index < -0.39 is 15.9 Å². The minimum Gasteiger partial charge on any atom is -0.493 e. The first kappa shape index (κ1) is 26.6. The van der Waals surface area contributed by atoms with Gasteiger partial charge in [-0.3, -0.25) is 9.08 Å². The Labute approximate surface area is 229 Å². The molecule has 39 heavy (non-hydrogen) atoms. The molecule has 1 aliphatic rings. The smallest absolute Gasteiger partial charge is 0.358 e. The maximum Gasteiger partial charge on any atom is 0.358 e. The molecule has 6 nitrogen and oxygen atoms in total. The number of benzene rings is 4. The van der Waals surface area contributed by atoms with Crippen LogP contribution in [0.2, 0.25) is 0 Å². The minimum atomic E-state index is -4.22. The zero-order valence-corrected chi connectivity index (χ0v) is 22.7. The van der Waals surface area contributed by atoms with Crippen LogP contribution in [0.3, 0.4) is 0 Å². The molecule has 200 valence electrons. The molecule has 0 saturated heterocycles. The van der Waals surface area contributed by atoms with Gasteiger partial charge >= 0.3 is 10.1 Å². The predicted octanol–water partition coefficient (Wildman–Crippen LogP) is 7.10. The lowest BCUT2D eigenvalue weighted by molar-refractivity contribution is 0.106. The van der Waals surface area contributed by atoms with Crippen molar-refractivity contribution >= 4 is 32.4 Å². The van der Waals surface area contributed by atoms with Crippen molar-refractivity contribution in [3.05, 3.63) is 108 Å². The average Bonchev–Trinajstić information content (AvgIpc) is 2.97. The monoisotopic (exact) mass is 541 g/mol. The summed E-state index contributed by atoms with van der Waals surface area (Å²) in [7, 11) is -4.22. The molecule has 0 aromatic heterocycles. The highest BCUT2D eigenvalue weighted by molar-refractivity contribution is 7.86. The second-order valence-corrected chi connectivity index (χ2v) is 11.5. The van der Waals surface area contributed by atoms with E-state index in [9.17, 15) is 13.2 Å². The molecule has 0 spiro atoms. The number of nitrogens with zero attached hydrogens (tertiary/aromatic N) is 1. The van der Waals surface area contributed by atoms with Crippen molar-refractivity contribution < 1.29 is 22.2 Å². The number of rotatable bonds is 9. The number of hydrogen-bond donors (Lipinski definition) is 0. The molecule has 0 unspecified atom stereocenters. The first-order valence-corrected chi connectivity index (χ1v) is 14.7. The van der Waals surface area contributed by atoms with Gasteiger partial charge in [0.05, 0.1) is 6.61 Å². The fraction of sp³-hybridized carbons (Fsp3) is 0.250. The third kappa shape index (κ3) is 6.20. The highest BCUT2D eigenvalue weighted by Gasteiger charge is 2.23. The van der Waals surface area contributed by atoms with Gasteiger partial charge in [-0.1, -0.05) is 96.7 Å². The number of Topliss-reactive ketones (excluding diaryl/α,β-unsaturated/α-hetero) is 1. The Kier molecular flexibility index (Phi) is 8.07. The van der Waals surface area contributed by atoms with E-state index >= 15 is 0 Å². The van der Waals surface area contributed by atoms with Crippen LogP contribution >= 0.6 is 0 Å². The minimum absolute atomic E-state index is 0.0402. The number of ketones is 1. The number of carbonyl (C=O) groups excluding carboxylic acids is 1. The highest BCUT2D eigenvalue weighted by Crippen LogP contribution is 2.31. The van der Waals surface area contributed by atoms with Crippen LogP contribution in [0, 0.1) is 12.8 Å². The van der Waals surface area contributed by atoms with Crippen LogP contribution in [-0.2, 0) is 14.4 Å². The highest BCUT2D eigenvalue weighted by atomic mass is 32.2. The van der Waals surface area contributed by atoms with E-state index in [0.717, 1.165) is 16.7 Å². The van der Waals surface area contributed by atoms with Crippen LogP contribution < -0.4 is 4.74 Å². The molecule has 0 N–H and O–H groups in total. The molecule has 4 aromatic carbocycles. The molecule has 4 aromatic rings. The van der Waals surface area contributed by atoms with Crippen molar-refractivity contribution in [1.29, 1.82) is 0 Å². The maximum atomic E-state index is 13.9. The summed E-state index contributed by atoms with van der Waals surface area (Å²) in [6.45, 7) is 2.51. The van der Waals surface area contributed by atoms with E-state index in [-0.39, 0.29) is 10.6 Å². The zero-order chi connectivity index (χ0) is 27.2. The van der Waals surface area contributed by atoms with Gasteiger partial charge in [0.1, 0.15) is 10.6 Å². The lowest BCUT2D eigenvalue weighted by Gasteiger charge is -2.22. The van der Waals surface area contributed by atoms with E-state index in [1.54, 1.807) is 42.5 Å². The van der Waals surface area contributed by atoms with Gasteiger partial charge in [0.25, 0.3) is 0 Å². The molecule has 1 aliphatic carbocycles. The van der Waals surface area contributed by atoms with Crippen molar-refractivity contribution in [3.8, 4) is 5.75 Å². The second-order valence-electron chi connectivity index (χ2n) is 9.95. The third-order valence-electron chi connectivity index (χ3n) is 7.13. The van der Waals surface area contributed by atoms with E-state index in [4.69, 9.17) is 9.02 Å². The molecule has 0 heterocycles. The predicted molar refractivity (Wildman–Crippen MR) is 153 cm³/mol. The van der Waals surface area contributed by atoms with Crippen molar-refractivity contribution in [3.63, 3.8) is 0 Å². The molecule has 7 heteroatoms. The lowest BCUT2D eigenvalue weighted by atomic mass is 9.90. The van der Waals surface area contributed by atoms with Gasteiger partial charge in [-0.25, -0.2) is 0 Å². The lowest BCUT2D eigenvalue weighted by Crippen LogP contribution is -2.18. The quantitative estimate of drug-likeness (QED) is 0.128. The first-order valence-electron chi connectivity index (χ1n) is 13.3. The largest absolute Gasteiger partial charge is 0.493 e. The van der Waals surface area contributed by atoms with Gasteiger partial charge in [-0.2, -0.15) is 8.42 Å². The van der Waals surface area contributed by atoms with Crippen LogP contribution in [0.25, 0.3) is 10.8 Å². The maximum absolute atomic E-state index is 13.9. The number of aryl methyl sites for hydroxylation is 1. The molecule has 0 amide bonds. The molecular formula is C32H31NO5S. The molecule has 1 saturated carbocycles. The number of carbonyl (C=O) groups is 1. The molecule has 1 fully saturated rings. The topological polar surface area (TPSA) is 82.0 Å². The van der Waals surface area contributed by atoms with E-state index in [2.05, 4.69) is 5.16 Å². The Morgan fingerprint density at radius 3 is 2.21 bits per heavy atom. The standard InChI is InChI=1S/C32H31NO5S/c1-23-16-18-26(19-17-23)39(35,36)38-33-31(25-12-6-3-7-13-25)32(34)29-20-21-30(28-15-9-8-14-27(28)29)37-22-24-10-4-2-5-11-24/h3,6-9,12-21,24H,2,4-5,10-11,22H2,1H3/b33-31+. The second kappa shape index (κ2) is 11.8. The SMILES string of the molecule is Cc1ccc(S(=O)(=O)O/N=C(/C(=O)c2ccc(OCC3CCCCC3)c3ccccc23)c2ccccc2)cc1. The number of fused-ring (bicyclic) bond motifs is 1. The molecular weight excluding hydrogens is 510 g/mol.